The summed E-state index contributed by atoms with van der Waals surface area (Å²) in [6, 6.07) is 2.27. The summed E-state index contributed by atoms with van der Waals surface area (Å²) in [5.41, 5.74) is 1.85. The lowest BCUT2D eigenvalue weighted by molar-refractivity contribution is -0.133. The van der Waals surface area contributed by atoms with Gasteiger partial charge in [-0.05, 0) is 18.9 Å². The number of nitrogens with zero attached hydrogens (tertiary/aromatic N) is 3. The molecule has 0 spiro atoms. The lowest BCUT2D eigenvalue weighted by Crippen LogP contribution is -2.09. The fraction of sp³-hybridized carbons (Fsp3) is 0.462. The third kappa shape index (κ3) is 2.89. The highest BCUT2D eigenvalue weighted by Crippen LogP contribution is 2.30. The van der Waals surface area contributed by atoms with Crippen LogP contribution in [0, 0.1) is 0 Å². The Kier molecular flexibility index (Phi) is 4.42. The molecule has 2 rings (SSSR count). The van der Waals surface area contributed by atoms with Gasteiger partial charge >= 0.3 is 5.97 Å². The van der Waals surface area contributed by atoms with Gasteiger partial charge in [-0.1, -0.05) is 25.6 Å². The molecule has 5 nitrogen and oxygen atoms in total. The number of aromatic nitrogens is 3. The number of fused-ring (bicyclic) bond motifs is 1. The van der Waals surface area contributed by atoms with E-state index >= 15 is 0 Å². The van der Waals surface area contributed by atoms with Crippen LogP contribution in [0.1, 0.15) is 32.7 Å². The van der Waals surface area contributed by atoms with E-state index in [0.29, 0.717) is 6.04 Å². The molecule has 2 heterocycles. The van der Waals surface area contributed by atoms with Crippen molar-refractivity contribution in [2.75, 3.05) is 5.75 Å². The average molecular weight is 279 g/mol. The van der Waals surface area contributed by atoms with Crippen LogP contribution in [0.3, 0.4) is 0 Å². The van der Waals surface area contributed by atoms with Crippen molar-refractivity contribution >= 4 is 28.8 Å². The second kappa shape index (κ2) is 6.06. The first-order valence-corrected chi connectivity index (χ1v) is 7.32. The molecule has 0 aromatic carbocycles. The zero-order valence-electron chi connectivity index (χ0n) is 11.0. The van der Waals surface area contributed by atoms with Gasteiger partial charge in [-0.15, -0.1) is 0 Å². The second-order valence-corrected chi connectivity index (χ2v) is 5.22. The van der Waals surface area contributed by atoms with E-state index < -0.39 is 5.97 Å². The number of carboxylic acids is 1. The Balaban J connectivity index is 2.48. The summed E-state index contributed by atoms with van der Waals surface area (Å²) in [6.45, 7) is 4.26. The number of carbonyl (C=O) groups is 1. The summed E-state index contributed by atoms with van der Waals surface area (Å²) >= 11 is 1.26. The van der Waals surface area contributed by atoms with Gasteiger partial charge in [0.25, 0.3) is 0 Å². The predicted molar refractivity (Wildman–Crippen MR) is 75.5 cm³/mol. The van der Waals surface area contributed by atoms with Gasteiger partial charge in [0.1, 0.15) is 5.52 Å². The summed E-state index contributed by atoms with van der Waals surface area (Å²) < 4.78 is 2.14. The van der Waals surface area contributed by atoms with Crippen molar-refractivity contribution in [2.24, 2.45) is 0 Å². The van der Waals surface area contributed by atoms with Crippen molar-refractivity contribution in [1.29, 1.82) is 0 Å². The quantitative estimate of drug-likeness (QED) is 0.823. The molecule has 0 bridgehead atoms. The Morgan fingerprint density at radius 2 is 2.21 bits per heavy atom. The van der Waals surface area contributed by atoms with Crippen LogP contribution in [0.15, 0.2) is 23.6 Å². The molecule has 0 amide bonds. The summed E-state index contributed by atoms with van der Waals surface area (Å²) in [7, 11) is 0. The largest absolute Gasteiger partial charge is 0.481 e. The van der Waals surface area contributed by atoms with Crippen LogP contribution >= 0.6 is 11.8 Å². The van der Waals surface area contributed by atoms with Crippen LogP contribution in [0.2, 0.25) is 0 Å². The molecule has 1 N–H and O–H groups in total. The molecule has 0 unspecified atom stereocenters. The first kappa shape index (κ1) is 13.9. The zero-order chi connectivity index (χ0) is 13.8. The summed E-state index contributed by atoms with van der Waals surface area (Å²) in [5.74, 6) is -0.803. The molecular formula is C13H17N3O2S. The molecule has 0 radical (unpaired) electrons. The molecule has 2 aromatic heterocycles. The van der Waals surface area contributed by atoms with E-state index in [1.807, 2.05) is 6.07 Å². The van der Waals surface area contributed by atoms with Crippen molar-refractivity contribution in [2.45, 2.75) is 37.9 Å². The molecule has 0 aliphatic heterocycles. The fourth-order valence-corrected chi connectivity index (χ4v) is 2.97. The van der Waals surface area contributed by atoms with Crippen LogP contribution in [0.4, 0.5) is 0 Å². The first-order chi connectivity index (χ1) is 9.17. The third-order valence-corrected chi connectivity index (χ3v) is 4.03. The van der Waals surface area contributed by atoms with Gasteiger partial charge in [0, 0.05) is 12.2 Å². The molecule has 2 aromatic rings. The molecule has 0 aliphatic rings. The topological polar surface area (TPSA) is 68.0 Å². The molecule has 0 aliphatic carbocycles. The van der Waals surface area contributed by atoms with E-state index in [1.54, 1.807) is 12.4 Å². The Morgan fingerprint density at radius 1 is 1.47 bits per heavy atom. The highest BCUT2D eigenvalue weighted by atomic mass is 32.2. The molecular weight excluding hydrogens is 262 g/mol. The zero-order valence-corrected chi connectivity index (χ0v) is 11.9. The minimum Gasteiger partial charge on any atom is -0.481 e. The van der Waals surface area contributed by atoms with Crippen molar-refractivity contribution in [3.63, 3.8) is 0 Å². The van der Waals surface area contributed by atoms with Crippen molar-refractivity contribution in [1.82, 2.24) is 14.5 Å². The van der Waals surface area contributed by atoms with Gasteiger partial charge in [-0.2, -0.15) is 0 Å². The van der Waals surface area contributed by atoms with Gasteiger partial charge in [-0.25, -0.2) is 4.98 Å². The number of hydrogen-bond acceptors (Lipinski definition) is 4. The second-order valence-electron chi connectivity index (χ2n) is 4.28. The lowest BCUT2D eigenvalue weighted by atomic mass is 10.1. The summed E-state index contributed by atoms with van der Waals surface area (Å²) in [4.78, 5) is 19.3. The maximum absolute atomic E-state index is 10.7. The van der Waals surface area contributed by atoms with E-state index in [4.69, 9.17) is 5.11 Å². The molecule has 102 valence electrons. The summed E-state index contributed by atoms with van der Waals surface area (Å²) in [6.07, 6.45) is 5.45. The average Bonchev–Trinajstić information content (AvgIpc) is 2.77. The Hall–Kier alpha value is -1.56. The van der Waals surface area contributed by atoms with Crippen molar-refractivity contribution in [3.05, 3.63) is 18.5 Å². The number of pyridine rings is 1. The number of imidazole rings is 1. The Labute approximate surface area is 116 Å². The number of hydrogen-bond donors (Lipinski definition) is 1. The van der Waals surface area contributed by atoms with Gasteiger partial charge in [0.15, 0.2) is 5.16 Å². The van der Waals surface area contributed by atoms with E-state index in [2.05, 4.69) is 28.4 Å². The number of carboxylic acid groups (broad SMARTS) is 1. The predicted octanol–water partition coefficient (Wildman–Crippen LogP) is 2.97. The maximum atomic E-state index is 10.7. The van der Waals surface area contributed by atoms with Crippen LogP contribution in [0.25, 0.3) is 11.0 Å². The van der Waals surface area contributed by atoms with Gasteiger partial charge in [0.2, 0.25) is 0 Å². The third-order valence-electron chi connectivity index (χ3n) is 3.09. The Morgan fingerprint density at radius 3 is 2.84 bits per heavy atom. The molecule has 0 fully saturated rings. The maximum Gasteiger partial charge on any atom is 0.313 e. The molecule has 0 saturated carbocycles. The number of thioether (sulfide) groups is 1. The van der Waals surface area contributed by atoms with Crippen molar-refractivity contribution < 1.29 is 9.90 Å². The lowest BCUT2D eigenvalue weighted by Gasteiger charge is -2.18. The van der Waals surface area contributed by atoms with Gasteiger partial charge < -0.3 is 9.67 Å². The Bertz CT molecular complexity index is 578. The number of aliphatic carboxylic acids is 1. The standard InChI is InChI=1S/C13H17N3O2S/c1-3-9(4-2)16-11-5-6-14-7-10(11)15-13(16)19-8-12(17)18/h5-7,9H,3-4,8H2,1-2H3,(H,17,18). The van der Waals surface area contributed by atoms with E-state index in [0.717, 1.165) is 29.0 Å². The van der Waals surface area contributed by atoms with Gasteiger partial charge in [-0.3, -0.25) is 9.78 Å². The monoisotopic (exact) mass is 279 g/mol. The molecule has 0 atom stereocenters. The number of rotatable bonds is 6. The van der Waals surface area contributed by atoms with Crippen molar-refractivity contribution in [3.8, 4) is 0 Å². The molecule has 19 heavy (non-hydrogen) atoms. The van der Waals surface area contributed by atoms with Crippen LogP contribution in [0.5, 0.6) is 0 Å². The SMILES string of the molecule is CCC(CC)n1c(SCC(=O)O)nc2cnccc21. The van der Waals surface area contributed by atoms with E-state index in [9.17, 15) is 4.79 Å². The van der Waals surface area contributed by atoms with Crippen LogP contribution in [-0.4, -0.2) is 31.4 Å². The van der Waals surface area contributed by atoms with E-state index in [1.165, 1.54) is 11.8 Å². The fourth-order valence-electron chi connectivity index (χ4n) is 2.16. The van der Waals surface area contributed by atoms with Crippen LogP contribution in [-0.2, 0) is 4.79 Å². The molecule has 0 saturated heterocycles. The molecule has 6 heteroatoms. The minimum atomic E-state index is -0.828. The summed E-state index contributed by atoms with van der Waals surface area (Å²) in [5, 5.41) is 9.59. The highest BCUT2D eigenvalue weighted by molar-refractivity contribution is 7.99. The van der Waals surface area contributed by atoms with Crippen LogP contribution < -0.4 is 0 Å². The smallest absolute Gasteiger partial charge is 0.313 e. The van der Waals surface area contributed by atoms with E-state index in [-0.39, 0.29) is 5.75 Å². The highest BCUT2D eigenvalue weighted by Gasteiger charge is 2.17. The van der Waals surface area contributed by atoms with Gasteiger partial charge in [0.05, 0.1) is 17.5 Å². The normalized spacial score (nSPS) is 11.3. The minimum absolute atomic E-state index is 0.0247. The first-order valence-electron chi connectivity index (χ1n) is 6.33.